The van der Waals surface area contributed by atoms with Crippen LogP contribution in [-0.2, 0) is 45.6 Å². The Morgan fingerprint density at radius 1 is 0.964 bits per heavy atom. The molecule has 6 N–H and O–H groups in total. The highest BCUT2D eigenvalue weighted by Gasteiger charge is 2.23. The third-order valence-electron chi connectivity index (χ3n) is 7.45. The Morgan fingerprint density at radius 2 is 1.67 bits per heavy atom. The highest BCUT2D eigenvalue weighted by Crippen LogP contribution is 2.37. The predicted molar refractivity (Wildman–Crippen MR) is 200 cm³/mol. The molecule has 5 rings (SSSR count). The largest absolute Gasteiger partial charge is 0.397 e. The molecule has 0 radical (unpaired) electrons. The number of nitriles is 1. The van der Waals surface area contributed by atoms with E-state index >= 15 is 0 Å². The van der Waals surface area contributed by atoms with Gasteiger partial charge >= 0.3 is 10.4 Å². The second-order valence-electron chi connectivity index (χ2n) is 11.0. The van der Waals surface area contributed by atoms with Crippen LogP contribution in [0.25, 0.3) is 27.5 Å². The van der Waals surface area contributed by atoms with Gasteiger partial charge in [-0.2, -0.15) is 35.3 Å². The van der Waals surface area contributed by atoms with Gasteiger partial charge in [0.1, 0.15) is 44.1 Å². The predicted octanol–water partition coefficient (Wildman–Crippen LogP) is 4.16. The van der Waals surface area contributed by atoms with Gasteiger partial charge < -0.3 is 15.2 Å². The molecule has 0 aliphatic rings. The molecule has 21 nitrogen and oxygen atoms in total. The van der Waals surface area contributed by atoms with Crippen molar-refractivity contribution >= 4 is 98.3 Å². The Bertz CT molecular complexity index is 2790. The van der Waals surface area contributed by atoms with Crippen molar-refractivity contribution in [3.8, 4) is 11.8 Å². The van der Waals surface area contributed by atoms with E-state index in [1.807, 2.05) is 6.07 Å². The number of rotatable bonds is 16. The van der Waals surface area contributed by atoms with Crippen LogP contribution in [-0.4, -0.2) is 93.1 Å². The Labute approximate surface area is 319 Å². The van der Waals surface area contributed by atoms with Crippen molar-refractivity contribution in [2.24, 2.45) is 10.2 Å². The lowest BCUT2D eigenvalue weighted by molar-refractivity contribution is 0.278. The molecule has 3 aromatic carbocycles. The van der Waals surface area contributed by atoms with Crippen LogP contribution in [0.1, 0.15) is 11.1 Å². The molecule has 0 bridgehead atoms. The lowest BCUT2D eigenvalue weighted by Gasteiger charge is -2.15. The van der Waals surface area contributed by atoms with Crippen LogP contribution >= 0.6 is 12.0 Å². The average molecular weight is 854 g/mol. The molecule has 290 valence electrons. The summed E-state index contributed by atoms with van der Waals surface area (Å²) in [4.78, 5) is 4.13. The van der Waals surface area contributed by atoms with E-state index in [9.17, 15) is 48.4 Å². The quantitative estimate of drug-likeness (QED) is 0.0351. The first-order chi connectivity index (χ1) is 25.8. The van der Waals surface area contributed by atoms with Gasteiger partial charge in [0, 0.05) is 62.9 Å². The topological polar surface area (TPSA) is 326 Å². The van der Waals surface area contributed by atoms with Gasteiger partial charge in [-0.1, -0.05) is 12.6 Å². The average Bonchev–Trinajstić information content (AvgIpc) is 3.56. The highest BCUT2D eigenvalue weighted by molar-refractivity contribution is 7.93. The number of hydrogen-bond acceptors (Lipinski definition) is 18. The minimum absolute atomic E-state index is 0.0165. The zero-order chi connectivity index (χ0) is 40.3. The van der Waals surface area contributed by atoms with Gasteiger partial charge in [0.25, 0.3) is 20.2 Å². The van der Waals surface area contributed by atoms with Crippen molar-refractivity contribution in [1.29, 1.82) is 5.26 Å². The Morgan fingerprint density at radius 3 is 2.31 bits per heavy atom. The molecular weight excluding hydrogens is 827 g/mol. The number of aromatic nitrogens is 4. The zero-order valence-electron chi connectivity index (χ0n) is 27.9. The Kier molecular flexibility index (Phi) is 12.3. The third-order valence-corrected chi connectivity index (χ3v) is 11.1. The van der Waals surface area contributed by atoms with Crippen molar-refractivity contribution < 1.29 is 51.9 Å². The summed E-state index contributed by atoms with van der Waals surface area (Å²) in [7, 11) is -15.9. The van der Waals surface area contributed by atoms with Crippen LogP contribution in [0.3, 0.4) is 0 Å². The molecule has 1 atom stereocenters. The van der Waals surface area contributed by atoms with Crippen molar-refractivity contribution in [1.82, 2.24) is 20.0 Å². The fraction of sp³-hybridized carbons (Fsp3) is 0.172. The van der Waals surface area contributed by atoms with Gasteiger partial charge in [-0.05, 0) is 48.7 Å². The number of pyridine rings is 1. The van der Waals surface area contributed by atoms with Crippen LogP contribution in [0, 0.1) is 18.3 Å². The van der Waals surface area contributed by atoms with Crippen molar-refractivity contribution in [2.75, 3.05) is 36.1 Å². The van der Waals surface area contributed by atoms with Crippen LogP contribution in [0.4, 0.5) is 23.0 Å². The van der Waals surface area contributed by atoms with E-state index in [1.54, 1.807) is 0 Å². The number of nitrogens with one attached hydrogen (secondary N) is 2. The summed E-state index contributed by atoms with van der Waals surface area (Å²) in [5.74, 6) is 0.0415. The summed E-state index contributed by atoms with van der Waals surface area (Å²) in [6.07, 6.45) is 0. The molecule has 2 aromatic heterocycles. The fourth-order valence-electron chi connectivity index (χ4n) is 5.03. The van der Waals surface area contributed by atoms with Gasteiger partial charge in [-0.3, -0.25) is 17.9 Å². The highest BCUT2D eigenvalue weighted by atomic mass is 32.3. The molecule has 55 heavy (non-hydrogen) atoms. The molecule has 0 aliphatic carbocycles. The molecule has 0 aliphatic heterocycles. The van der Waals surface area contributed by atoms with Crippen LogP contribution < -0.4 is 10.6 Å². The third kappa shape index (κ3) is 9.65. The Hall–Kier alpha value is -4.95. The van der Waals surface area contributed by atoms with Crippen LogP contribution in [0.15, 0.2) is 79.4 Å². The summed E-state index contributed by atoms with van der Waals surface area (Å²) in [5, 5.41) is 33.8. The molecule has 0 amide bonds. The van der Waals surface area contributed by atoms with Crippen molar-refractivity contribution in [3.05, 3.63) is 65.6 Å². The van der Waals surface area contributed by atoms with Gasteiger partial charge in [0.15, 0.2) is 5.82 Å². The summed E-state index contributed by atoms with van der Waals surface area (Å²) in [6, 6.07) is 10.7. The van der Waals surface area contributed by atoms with E-state index in [2.05, 4.69) is 46.8 Å². The summed E-state index contributed by atoms with van der Waals surface area (Å²) in [5.41, 5.74) is -0.0827. The second kappa shape index (κ2) is 16.4. The van der Waals surface area contributed by atoms with E-state index in [0.29, 0.717) is 0 Å². The number of azo groups is 1. The van der Waals surface area contributed by atoms with Gasteiger partial charge in [-0.15, -0.1) is 20.4 Å². The molecule has 0 saturated heterocycles. The van der Waals surface area contributed by atoms with E-state index in [4.69, 9.17) is 4.55 Å². The zero-order valence-corrected chi connectivity index (χ0v) is 32.0. The molecule has 0 fully saturated rings. The molecule has 26 heteroatoms. The van der Waals surface area contributed by atoms with Crippen LogP contribution in [0.5, 0.6) is 0 Å². The number of hydrogen-bond donors (Lipinski definition) is 6. The molecule has 1 unspecified atom stereocenters. The lowest BCUT2D eigenvalue weighted by Crippen LogP contribution is -2.16. The maximum absolute atomic E-state index is 12.6. The molecule has 0 spiro atoms. The Balaban J connectivity index is 1.58. The smallest absolute Gasteiger partial charge is 0.368 e. The number of nitrogens with zero attached hydrogens (tertiary/aromatic N) is 7. The van der Waals surface area contributed by atoms with Crippen LogP contribution in [0.2, 0.25) is 0 Å². The van der Waals surface area contributed by atoms with Gasteiger partial charge in [-0.25, -0.2) is 9.17 Å². The maximum atomic E-state index is 12.6. The van der Waals surface area contributed by atoms with Gasteiger partial charge in [0.2, 0.25) is 0 Å². The van der Waals surface area contributed by atoms with Crippen molar-refractivity contribution in [3.63, 3.8) is 0 Å². The summed E-state index contributed by atoms with van der Waals surface area (Å²) in [6.45, 7) is 4.17. The fourth-order valence-corrected chi connectivity index (χ4v) is 7.58. The minimum atomic E-state index is -5.03. The monoisotopic (exact) mass is 853 g/mol. The first kappa shape index (κ1) is 41.2. The maximum Gasteiger partial charge on any atom is 0.397 e. The normalized spacial score (nSPS) is 12.9. The summed E-state index contributed by atoms with van der Waals surface area (Å²) >= 11 is 0.228. The van der Waals surface area contributed by atoms with E-state index in [1.165, 1.54) is 36.6 Å². The first-order valence-electron chi connectivity index (χ1n) is 15.0. The minimum Gasteiger partial charge on any atom is -0.368 e. The number of benzene rings is 3. The number of anilines is 2. The van der Waals surface area contributed by atoms with Gasteiger partial charge in [0.05, 0.1) is 17.9 Å². The molecule has 5 aromatic rings. The molecular formula is C29H27N9O12S5. The molecule has 2 heterocycles. The standard InChI is InChI=1S/C29H27N9O12S5/c1-3-52(40)11-9-32-28-21(15-30)16(2)26(29(33-28)31-8-10-50-55(47,48)49)35-34-22-6-4-17(12-25(22)54(44,45)46)38-36-23-7-5-19-20(27(23)37-38)13-18(51-39)14-24(19)53(41,42)43/h3-7,12-14,39H,1,8-11H2,2H3,(H2,31,32,33)(H,41,42,43)(H,44,45,46)(H,47,48,49). The molecule has 0 saturated carbocycles. The van der Waals surface area contributed by atoms with E-state index in [-0.39, 0.29) is 91.7 Å². The SMILES string of the molecule is C=CS(=O)CCNc1nc(NCCOS(=O)(=O)O)c(N=Nc2ccc(-n3nc4ccc5c(S(=O)(=O)O)cc(SO)cc5c4n3)cc2S(=O)(=O)O)c(C)c1C#N. The second-order valence-corrected chi connectivity index (χ2v) is 17.0. The summed E-state index contributed by atoms with van der Waals surface area (Å²) < 4.78 is 126. The van der Waals surface area contributed by atoms with E-state index in [0.717, 1.165) is 23.0 Å². The van der Waals surface area contributed by atoms with Crippen molar-refractivity contribution in [2.45, 2.75) is 21.6 Å². The first-order valence-corrected chi connectivity index (χ1v) is 21.4. The van der Waals surface area contributed by atoms with E-state index < -0.39 is 63.5 Å². The lowest BCUT2D eigenvalue weighted by atomic mass is 10.1. The number of fused-ring (bicyclic) bond motifs is 3.